The van der Waals surface area contributed by atoms with Crippen LogP contribution < -0.4 is 4.74 Å². The highest BCUT2D eigenvalue weighted by atomic mass is 16.5. The van der Waals surface area contributed by atoms with Crippen LogP contribution in [0, 0.1) is 13.8 Å². The molecule has 2 bridgehead atoms. The third kappa shape index (κ3) is 2.31. The summed E-state index contributed by atoms with van der Waals surface area (Å²) in [5, 5.41) is 0. The number of aryl methyl sites for hydroxylation is 2. The Kier molecular flexibility index (Phi) is 3.60. The van der Waals surface area contributed by atoms with Crippen molar-refractivity contribution < 1.29 is 9.47 Å². The van der Waals surface area contributed by atoms with E-state index in [1.54, 1.807) is 0 Å². The molecule has 0 radical (unpaired) electrons. The van der Waals surface area contributed by atoms with E-state index in [-0.39, 0.29) is 0 Å². The molecule has 31 heavy (non-hydrogen) atoms. The number of hydrogen-bond donors (Lipinski definition) is 0. The average Bonchev–Trinajstić information content (AvgIpc) is 3.31. The Morgan fingerprint density at radius 2 is 1.29 bits per heavy atom. The van der Waals surface area contributed by atoms with Crippen molar-refractivity contribution in [2.75, 3.05) is 0 Å². The predicted molar refractivity (Wildman–Crippen MR) is 124 cm³/mol. The first kappa shape index (κ1) is 18.7. The van der Waals surface area contributed by atoms with Crippen LogP contribution in [0.1, 0.15) is 41.7 Å². The molecule has 2 unspecified atom stereocenters. The molecule has 0 aliphatic carbocycles. The van der Waals surface area contributed by atoms with Gasteiger partial charge in [0.25, 0.3) is 0 Å². The van der Waals surface area contributed by atoms with Gasteiger partial charge in [0, 0.05) is 16.7 Å². The molecule has 3 aromatic rings. The minimum atomic E-state index is -0.648. The maximum absolute atomic E-state index is 7.17. The van der Waals surface area contributed by atoms with Gasteiger partial charge < -0.3 is 9.47 Å². The highest BCUT2D eigenvalue weighted by molar-refractivity contribution is 5.90. The Morgan fingerprint density at radius 1 is 0.710 bits per heavy atom. The molecular weight excluding hydrogens is 380 g/mol. The van der Waals surface area contributed by atoms with Crippen LogP contribution in [0.5, 0.6) is 5.75 Å². The topological polar surface area (TPSA) is 18.5 Å². The largest absolute Gasteiger partial charge is 0.482 e. The molecule has 0 spiro atoms. The van der Waals surface area contributed by atoms with Crippen molar-refractivity contribution in [3.8, 4) is 5.75 Å². The van der Waals surface area contributed by atoms with Gasteiger partial charge in [-0.1, -0.05) is 66.7 Å². The fourth-order valence-corrected chi connectivity index (χ4v) is 5.83. The van der Waals surface area contributed by atoms with E-state index >= 15 is 0 Å². The van der Waals surface area contributed by atoms with Gasteiger partial charge in [0.15, 0.2) is 0 Å². The van der Waals surface area contributed by atoms with E-state index in [9.17, 15) is 0 Å². The van der Waals surface area contributed by atoms with Crippen LogP contribution in [0.15, 0.2) is 90.5 Å². The summed E-state index contributed by atoms with van der Waals surface area (Å²) in [4.78, 5) is 0. The minimum absolute atomic E-state index is 0.514. The fourth-order valence-electron chi connectivity index (χ4n) is 5.83. The molecule has 0 amide bonds. The van der Waals surface area contributed by atoms with Gasteiger partial charge in [-0.2, -0.15) is 0 Å². The van der Waals surface area contributed by atoms with Gasteiger partial charge in [0.05, 0.1) is 0 Å². The highest BCUT2D eigenvalue weighted by Gasteiger charge is 2.64. The van der Waals surface area contributed by atoms with Crippen LogP contribution in [0.4, 0.5) is 0 Å². The summed E-state index contributed by atoms with van der Waals surface area (Å²) in [7, 11) is 0. The van der Waals surface area contributed by atoms with Gasteiger partial charge in [-0.25, -0.2) is 0 Å². The molecule has 2 nitrogen and oxygen atoms in total. The molecule has 3 aromatic carbocycles. The van der Waals surface area contributed by atoms with E-state index in [0.29, 0.717) is 0 Å². The second-order valence-electron chi connectivity index (χ2n) is 9.46. The van der Waals surface area contributed by atoms with Crippen LogP contribution in [0.2, 0.25) is 0 Å². The van der Waals surface area contributed by atoms with E-state index in [0.717, 1.165) is 22.4 Å². The Bertz CT molecular complexity index is 1270. The summed E-state index contributed by atoms with van der Waals surface area (Å²) in [6, 6.07) is 25.6. The van der Waals surface area contributed by atoms with Crippen molar-refractivity contribution in [2.45, 2.75) is 44.5 Å². The highest BCUT2D eigenvalue weighted by Crippen LogP contribution is 2.67. The molecule has 2 heteroatoms. The first-order valence-corrected chi connectivity index (χ1v) is 11.0. The zero-order valence-corrected chi connectivity index (χ0v) is 18.4. The molecule has 0 saturated heterocycles. The van der Waals surface area contributed by atoms with Crippen LogP contribution >= 0.6 is 0 Å². The van der Waals surface area contributed by atoms with Gasteiger partial charge >= 0.3 is 0 Å². The van der Waals surface area contributed by atoms with Crippen molar-refractivity contribution >= 4 is 5.57 Å². The molecule has 3 aliphatic heterocycles. The molecule has 0 fully saturated rings. The maximum Gasteiger partial charge on any atom is 0.140 e. The quantitative estimate of drug-likeness (QED) is 0.445. The molecular formula is C29H26O2. The first-order chi connectivity index (χ1) is 14.9. The van der Waals surface area contributed by atoms with E-state index in [1.807, 2.05) is 0 Å². The number of hydrogen-bond acceptors (Lipinski definition) is 2. The first-order valence-electron chi connectivity index (χ1n) is 11.0. The van der Waals surface area contributed by atoms with Gasteiger partial charge in [-0.15, -0.1) is 0 Å². The van der Waals surface area contributed by atoms with E-state index in [2.05, 4.69) is 113 Å². The lowest BCUT2D eigenvalue weighted by Gasteiger charge is -2.42. The molecule has 0 saturated carbocycles. The Morgan fingerprint density at radius 3 is 1.94 bits per heavy atom. The summed E-state index contributed by atoms with van der Waals surface area (Å²) in [5.74, 6) is 0.970. The SMILES string of the molecule is Cc1cc(C)c2c(c1)C1=C(C(C)(C)O2)C2(c3ccccc3)C=CC1(c1ccccc1)O2. The summed E-state index contributed by atoms with van der Waals surface area (Å²) in [6.07, 6.45) is 4.50. The molecule has 154 valence electrons. The normalized spacial score (nSPS) is 27.1. The van der Waals surface area contributed by atoms with Crippen LogP contribution in [0.3, 0.4) is 0 Å². The zero-order valence-electron chi connectivity index (χ0n) is 18.4. The molecule has 3 heterocycles. The Labute approximate surface area is 183 Å². The smallest absolute Gasteiger partial charge is 0.140 e. The number of rotatable bonds is 2. The lowest BCUT2D eigenvalue weighted by molar-refractivity contribution is -0.0341. The summed E-state index contributed by atoms with van der Waals surface area (Å²) >= 11 is 0. The van der Waals surface area contributed by atoms with Crippen LogP contribution in [-0.4, -0.2) is 5.60 Å². The van der Waals surface area contributed by atoms with Gasteiger partial charge in [-0.3, -0.25) is 0 Å². The third-order valence-electron chi connectivity index (χ3n) is 6.92. The number of benzene rings is 3. The number of fused-ring (bicyclic) bond motifs is 6. The molecule has 0 aromatic heterocycles. The summed E-state index contributed by atoms with van der Waals surface area (Å²) in [5.41, 5.74) is 6.48. The van der Waals surface area contributed by atoms with Gasteiger partial charge in [0.1, 0.15) is 22.6 Å². The Hall–Kier alpha value is -3.10. The predicted octanol–water partition coefficient (Wildman–Crippen LogP) is 6.62. The van der Waals surface area contributed by atoms with Crippen molar-refractivity contribution in [1.29, 1.82) is 0 Å². The summed E-state index contributed by atoms with van der Waals surface area (Å²) in [6.45, 7) is 8.64. The second kappa shape index (κ2) is 5.99. The van der Waals surface area contributed by atoms with Crippen LogP contribution in [-0.2, 0) is 15.9 Å². The minimum Gasteiger partial charge on any atom is -0.482 e. The lowest BCUT2D eigenvalue weighted by Crippen LogP contribution is -2.43. The fraction of sp³-hybridized carbons (Fsp3) is 0.241. The van der Waals surface area contributed by atoms with Crippen LogP contribution in [0.25, 0.3) is 5.57 Å². The number of ether oxygens (including phenoxy) is 2. The zero-order chi connectivity index (χ0) is 21.4. The molecule has 0 N–H and O–H groups in total. The molecule has 6 rings (SSSR count). The monoisotopic (exact) mass is 406 g/mol. The van der Waals surface area contributed by atoms with E-state index < -0.39 is 16.8 Å². The standard InChI is InChI=1S/C29H26O2/c1-19-17-20(2)25-23(18-19)24-26(27(3,4)30-25)29(22-13-9-6-10-14-22)16-15-28(24,31-29)21-11-7-5-8-12-21/h5-18H,1-4H3. The van der Waals surface area contributed by atoms with E-state index in [1.165, 1.54) is 22.3 Å². The maximum atomic E-state index is 7.17. The third-order valence-corrected chi connectivity index (χ3v) is 6.92. The van der Waals surface area contributed by atoms with Gasteiger partial charge in [-0.05, 0) is 68.2 Å². The van der Waals surface area contributed by atoms with Crippen molar-refractivity contribution in [3.63, 3.8) is 0 Å². The van der Waals surface area contributed by atoms with Crippen molar-refractivity contribution in [2.24, 2.45) is 0 Å². The lowest BCUT2D eigenvalue weighted by atomic mass is 9.67. The van der Waals surface area contributed by atoms with Crippen molar-refractivity contribution in [1.82, 2.24) is 0 Å². The second-order valence-corrected chi connectivity index (χ2v) is 9.46. The van der Waals surface area contributed by atoms with Crippen molar-refractivity contribution in [3.05, 3.63) is 118 Å². The van der Waals surface area contributed by atoms with Gasteiger partial charge in [0.2, 0.25) is 0 Å². The molecule has 2 atom stereocenters. The Balaban J connectivity index is 1.75. The average molecular weight is 407 g/mol. The summed E-state index contributed by atoms with van der Waals surface area (Å²) < 4.78 is 13.9. The van der Waals surface area contributed by atoms with E-state index in [4.69, 9.17) is 9.47 Å². The molecule has 3 aliphatic rings.